The van der Waals surface area contributed by atoms with Gasteiger partial charge in [-0.25, -0.2) is 4.39 Å². The van der Waals surface area contributed by atoms with Crippen molar-refractivity contribution in [1.82, 2.24) is 0 Å². The average Bonchev–Trinajstić information content (AvgIpc) is 1.84. The predicted molar refractivity (Wildman–Crippen MR) is 48.1 cm³/mol. The van der Waals surface area contributed by atoms with Crippen LogP contribution >= 0.6 is 0 Å². The molecule has 11 heavy (non-hydrogen) atoms. The van der Waals surface area contributed by atoms with E-state index in [-0.39, 0.29) is 5.83 Å². The van der Waals surface area contributed by atoms with Crippen LogP contribution in [-0.2, 0) is 0 Å². The lowest BCUT2D eigenvalue weighted by molar-refractivity contribution is 0.470. The number of halogens is 1. The Morgan fingerprint density at radius 2 is 1.64 bits per heavy atom. The number of allylic oxidation sites excluding steroid dienone is 2. The molecule has 0 saturated carbocycles. The molecule has 0 nitrogen and oxygen atoms in total. The summed E-state index contributed by atoms with van der Waals surface area (Å²) in [6.07, 6.45) is 1.08. The smallest absolute Gasteiger partial charge is 0.0960 e. The van der Waals surface area contributed by atoms with Crippen molar-refractivity contribution in [3.63, 3.8) is 0 Å². The Bertz CT molecular complexity index is 141. The van der Waals surface area contributed by atoms with Crippen LogP contribution in [0.5, 0.6) is 0 Å². The second-order valence-electron chi connectivity index (χ2n) is 3.75. The normalized spacial score (nSPS) is 16.6. The Morgan fingerprint density at radius 1 is 1.18 bits per heavy atom. The highest BCUT2D eigenvalue weighted by Crippen LogP contribution is 2.22. The molecule has 0 aromatic carbocycles. The summed E-state index contributed by atoms with van der Waals surface area (Å²) in [5, 5.41) is 0. The summed E-state index contributed by atoms with van der Waals surface area (Å²) in [6, 6.07) is 0. The minimum Gasteiger partial charge on any atom is -0.212 e. The third-order valence-electron chi connectivity index (χ3n) is 2.11. The molecule has 0 aliphatic rings. The number of hydrogen-bond donors (Lipinski definition) is 0. The van der Waals surface area contributed by atoms with E-state index in [1.54, 1.807) is 0 Å². The first-order chi connectivity index (χ1) is 4.95. The van der Waals surface area contributed by atoms with Gasteiger partial charge in [0.15, 0.2) is 0 Å². The Labute approximate surface area is 69.5 Å². The van der Waals surface area contributed by atoms with E-state index in [0.717, 1.165) is 12.0 Å². The number of hydrogen-bond acceptors (Lipinski definition) is 0. The molecule has 0 bridgehead atoms. The van der Waals surface area contributed by atoms with Crippen molar-refractivity contribution in [2.24, 2.45) is 11.8 Å². The molecular formula is C10H19F. The molecule has 0 aliphatic carbocycles. The number of rotatable bonds is 3. The van der Waals surface area contributed by atoms with Crippen LogP contribution in [0, 0.1) is 11.8 Å². The molecule has 0 saturated heterocycles. The van der Waals surface area contributed by atoms with E-state index in [2.05, 4.69) is 20.8 Å². The highest BCUT2D eigenvalue weighted by atomic mass is 19.1. The minimum atomic E-state index is -0.0156. The lowest BCUT2D eigenvalue weighted by Crippen LogP contribution is -2.02. The topological polar surface area (TPSA) is 0 Å². The fourth-order valence-electron chi connectivity index (χ4n) is 1.22. The highest BCUT2D eigenvalue weighted by Gasteiger charge is 2.08. The first-order valence-corrected chi connectivity index (χ1v) is 4.28. The summed E-state index contributed by atoms with van der Waals surface area (Å²) < 4.78 is 12.7. The van der Waals surface area contributed by atoms with E-state index in [1.165, 1.54) is 6.92 Å². The second kappa shape index (κ2) is 4.53. The zero-order chi connectivity index (χ0) is 9.02. The summed E-state index contributed by atoms with van der Waals surface area (Å²) in [7, 11) is 0. The van der Waals surface area contributed by atoms with Crippen LogP contribution in [0.25, 0.3) is 0 Å². The van der Waals surface area contributed by atoms with Crippen LogP contribution in [0.1, 0.15) is 41.0 Å². The third-order valence-corrected chi connectivity index (χ3v) is 2.11. The first kappa shape index (κ1) is 10.7. The Hall–Kier alpha value is -0.330. The van der Waals surface area contributed by atoms with Gasteiger partial charge in [0.2, 0.25) is 0 Å². The van der Waals surface area contributed by atoms with Gasteiger partial charge in [-0.2, -0.15) is 0 Å². The summed E-state index contributed by atoms with van der Waals surface area (Å²) in [5.74, 6) is 1.03. The van der Waals surface area contributed by atoms with Crippen LogP contribution in [0.4, 0.5) is 4.39 Å². The van der Waals surface area contributed by atoms with Gasteiger partial charge in [0, 0.05) is 0 Å². The maximum atomic E-state index is 12.7. The van der Waals surface area contributed by atoms with Gasteiger partial charge in [-0.1, -0.05) is 20.8 Å². The van der Waals surface area contributed by atoms with E-state index in [9.17, 15) is 4.39 Å². The molecule has 0 N–H and O–H groups in total. The van der Waals surface area contributed by atoms with Gasteiger partial charge < -0.3 is 0 Å². The standard InChI is InChI=1S/C10H19F/c1-7(2)6-8(3)9(4)10(5)11/h7-8H,6H2,1-5H3/b10-9-. The van der Waals surface area contributed by atoms with E-state index in [4.69, 9.17) is 0 Å². The zero-order valence-corrected chi connectivity index (χ0v) is 8.24. The largest absolute Gasteiger partial charge is 0.212 e. The van der Waals surface area contributed by atoms with Gasteiger partial charge in [-0.05, 0) is 37.7 Å². The molecule has 1 atom stereocenters. The van der Waals surface area contributed by atoms with E-state index in [1.807, 2.05) is 6.92 Å². The minimum absolute atomic E-state index is 0.0156. The van der Waals surface area contributed by atoms with E-state index < -0.39 is 0 Å². The van der Waals surface area contributed by atoms with Gasteiger partial charge in [-0.15, -0.1) is 0 Å². The van der Waals surface area contributed by atoms with Crippen molar-refractivity contribution < 1.29 is 4.39 Å². The first-order valence-electron chi connectivity index (χ1n) is 4.28. The summed E-state index contributed by atoms with van der Waals surface area (Å²) in [6.45, 7) is 9.82. The predicted octanol–water partition coefficient (Wildman–Crippen LogP) is 3.93. The van der Waals surface area contributed by atoms with Crippen molar-refractivity contribution in [2.45, 2.75) is 41.0 Å². The summed E-state index contributed by atoms with van der Waals surface area (Å²) >= 11 is 0. The van der Waals surface area contributed by atoms with Crippen LogP contribution in [-0.4, -0.2) is 0 Å². The van der Waals surface area contributed by atoms with Gasteiger partial charge in [-0.3, -0.25) is 0 Å². The van der Waals surface area contributed by atoms with E-state index in [0.29, 0.717) is 11.8 Å². The lowest BCUT2D eigenvalue weighted by Gasteiger charge is -2.14. The average molecular weight is 158 g/mol. The lowest BCUT2D eigenvalue weighted by atomic mass is 9.92. The molecule has 0 aliphatic heterocycles. The van der Waals surface area contributed by atoms with Crippen molar-refractivity contribution in [1.29, 1.82) is 0 Å². The molecule has 0 fully saturated rings. The maximum Gasteiger partial charge on any atom is 0.0960 e. The molecule has 1 heteroatoms. The second-order valence-corrected chi connectivity index (χ2v) is 3.75. The molecule has 0 aromatic rings. The summed E-state index contributed by atoms with van der Waals surface area (Å²) in [4.78, 5) is 0. The molecule has 0 rings (SSSR count). The molecule has 66 valence electrons. The van der Waals surface area contributed by atoms with Crippen molar-refractivity contribution in [3.05, 3.63) is 11.4 Å². The monoisotopic (exact) mass is 158 g/mol. The van der Waals surface area contributed by atoms with E-state index >= 15 is 0 Å². The summed E-state index contributed by atoms with van der Waals surface area (Å²) in [5.41, 5.74) is 0.902. The van der Waals surface area contributed by atoms with Gasteiger partial charge in [0.05, 0.1) is 5.83 Å². The zero-order valence-electron chi connectivity index (χ0n) is 8.24. The fraction of sp³-hybridized carbons (Fsp3) is 0.800. The third kappa shape index (κ3) is 4.18. The Balaban J connectivity index is 4.04. The molecule has 0 amide bonds. The van der Waals surface area contributed by atoms with Crippen LogP contribution in [0.15, 0.2) is 11.4 Å². The fourth-order valence-corrected chi connectivity index (χ4v) is 1.22. The van der Waals surface area contributed by atoms with Crippen molar-refractivity contribution in [2.75, 3.05) is 0 Å². The van der Waals surface area contributed by atoms with Crippen LogP contribution in [0.3, 0.4) is 0 Å². The van der Waals surface area contributed by atoms with Crippen molar-refractivity contribution >= 4 is 0 Å². The van der Waals surface area contributed by atoms with Gasteiger partial charge in [0.25, 0.3) is 0 Å². The molecule has 0 aromatic heterocycles. The molecular weight excluding hydrogens is 139 g/mol. The Kier molecular flexibility index (Phi) is 4.39. The molecule has 0 spiro atoms. The van der Waals surface area contributed by atoms with Gasteiger partial charge in [0.1, 0.15) is 0 Å². The molecule has 1 unspecified atom stereocenters. The highest BCUT2D eigenvalue weighted by molar-refractivity contribution is 5.05. The van der Waals surface area contributed by atoms with Crippen molar-refractivity contribution in [3.8, 4) is 0 Å². The Morgan fingerprint density at radius 3 is 1.91 bits per heavy atom. The molecule has 0 heterocycles. The van der Waals surface area contributed by atoms with Crippen LogP contribution < -0.4 is 0 Å². The van der Waals surface area contributed by atoms with Crippen LogP contribution in [0.2, 0.25) is 0 Å². The molecule has 0 radical (unpaired) electrons. The van der Waals surface area contributed by atoms with Gasteiger partial charge >= 0.3 is 0 Å². The maximum absolute atomic E-state index is 12.7. The quantitative estimate of drug-likeness (QED) is 0.583. The SMILES string of the molecule is C/C(F)=C(\C)C(C)CC(C)C.